The molecule has 0 saturated heterocycles. The molecule has 25 heavy (non-hydrogen) atoms. The van der Waals surface area contributed by atoms with E-state index < -0.39 is 17.7 Å². The maximum Gasteiger partial charge on any atom is 0.408 e. The topological polar surface area (TPSA) is 92.4 Å². The highest BCUT2D eigenvalue weighted by atomic mass is 16.6. The van der Waals surface area contributed by atoms with E-state index in [0.29, 0.717) is 11.6 Å². The van der Waals surface area contributed by atoms with Gasteiger partial charge in [0.1, 0.15) is 11.6 Å². The molecular formula is C18H28N4O3. The molecule has 7 nitrogen and oxygen atoms in total. The number of alkyl carbamates (subject to hydrolysis) is 1. The fourth-order valence-electron chi connectivity index (χ4n) is 2.30. The molecule has 1 aromatic rings. The molecule has 1 atom stereocenters. The smallest absolute Gasteiger partial charge is 0.408 e. The Balaban J connectivity index is 2.00. The largest absolute Gasteiger partial charge is 0.444 e. The Morgan fingerprint density at radius 2 is 2.00 bits per heavy atom. The number of hydrogen-bond acceptors (Lipinski definition) is 5. The summed E-state index contributed by atoms with van der Waals surface area (Å²) in [5.74, 6) is 0.209. The molecule has 0 aliphatic heterocycles. The fraction of sp³-hybridized carbons (Fsp3) is 0.611. The zero-order chi connectivity index (χ0) is 18.6. The predicted octanol–water partition coefficient (Wildman–Crippen LogP) is 3.24. The van der Waals surface area contributed by atoms with Crippen LogP contribution in [0.1, 0.15) is 59.1 Å². The zero-order valence-corrected chi connectivity index (χ0v) is 15.6. The molecule has 7 heteroatoms. The fourth-order valence-corrected chi connectivity index (χ4v) is 2.30. The van der Waals surface area contributed by atoms with E-state index >= 15 is 0 Å². The SMILES string of the molecule is CCNc1cc(C2CC2)ncc1NC(=O)[C@@H](C)NC(=O)OC(C)(C)C. The lowest BCUT2D eigenvalue weighted by molar-refractivity contribution is -0.117. The molecule has 1 aliphatic carbocycles. The second kappa shape index (κ2) is 7.72. The van der Waals surface area contributed by atoms with E-state index in [1.807, 2.05) is 13.0 Å². The van der Waals surface area contributed by atoms with Gasteiger partial charge in [0, 0.05) is 18.2 Å². The predicted molar refractivity (Wildman–Crippen MR) is 97.8 cm³/mol. The number of aromatic nitrogens is 1. The molecule has 0 spiro atoms. The van der Waals surface area contributed by atoms with Gasteiger partial charge in [0.2, 0.25) is 5.91 Å². The third-order valence-corrected chi connectivity index (χ3v) is 3.67. The van der Waals surface area contributed by atoms with Crippen LogP contribution in [0.5, 0.6) is 0 Å². The number of carbonyl (C=O) groups excluding carboxylic acids is 2. The molecule has 0 unspecified atom stereocenters. The van der Waals surface area contributed by atoms with Crippen LogP contribution >= 0.6 is 0 Å². The van der Waals surface area contributed by atoms with Gasteiger partial charge in [0.25, 0.3) is 0 Å². The summed E-state index contributed by atoms with van der Waals surface area (Å²) in [6, 6.07) is 1.26. The zero-order valence-electron chi connectivity index (χ0n) is 15.6. The van der Waals surface area contributed by atoms with Gasteiger partial charge in [-0.05, 0) is 53.5 Å². The standard InChI is InChI=1S/C18H28N4O3/c1-6-19-14-9-13(12-7-8-12)20-10-15(14)22-16(23)11(2)21-17(24)25-18(3,4)5/h9-12H,6-8H2,1-5H3,(H,19,20)(H,21,24)(H,22,23)/t11-/m1/s1. The molecule has 2 rings (SSSR count). The highest BCUT2D eigenvalue weighted by Gasteiger charge is 2.26. The lowest BCUT2D eigenvalue weighted by Gasteiger charge is -2.22. The van der Waals surface area contributed by atoms with Crippen molar-refractivity contribution in [3.05, 3.63) is 18.0 Å². The number of anilines is 2. The van der Waals surface area contributed by atoms with E-state index in [9.17, 15) is 9.59 Å². The molecule has 1 heterocycles. The summed E-state index contributed by atoms with van der Waals surface area (Å²) in [5, 5.41) is 8.60. The van der Waals surface area contributed by atoms with Crippen molar-refractivity contribution >= 4 is 23.4 Å². The van der Waals surface area contributed by atoms with E-state index in [1.165, 1.54) is 12.8 Å². The van der Waals surface area contributed by atoms with Crippen LogP contribution in [0.4, 0.5) is 16.2 Å². The van der Waals surface area contributed by atoms with Crippen LogP contribution in [0, 0.1) is 0 Å². The van der Waals surface area contributed by atoms with Gasteiger partial charge in [0.15, 0.2) is 0 Å². The molecule has 138 valence electrons. The van der Waals surface area contributed by atoms with Crippen LogP contribution in [0.3, 0.4) is 0 Å². The number of carbonyl (C=O) groups is 2. The van der Waals surface area contributed by atoms with Gasteiger partial charge in [-0.25, -0.2) is 4.79 Å². The molecular weight excluding hydrogens is 320 g/mol. The van der Waals surface area contributed by atoms with Crippen LogP contribution in [0.2, 0.25) is 0 Å². The van der Waals surface area contributed by atoms with Crippen molar-refractivity contribution in [2.75, 3.05) is 17.2 Å². The molecule has 2 amide bonds. The Morgan fingerprint density at radius 3 is 2.56 bits per heavy atom. The van der Waals surface area contributed by atoms with E-state index in [1.54, 1.807) is 33.9 Å². The summed E-state index contributed by atoms with van der Waals surface area (Å²) < 4.78 is 5.17. The quantitative estimate of drug-likeness (QED) is 0.734. The molecule has 1 fully saturated rings. The van der Waals surface area contributed by atoms with Gasteiger partial charge < -0.3 is 20.7 Å². The summed E-state index contributed by atoms with van der Waals surface area (Å²) in [4.78, 5) is 28.6. The van der Waals surface area contributed by atoms with E-state index in [4.69, 9.17) is 4.74 Å². The minimum atomic E-state index is -0.729. The highest BCUT2D eigenvalue weighted by molar-refractivity contribution is 5.98. The second-order valence-electron chi connectivity index (χ2n) is 7.32. The summed E-state index contributed by atoms with van der Waals surface area (Å²) in [6.07, 6.45) is 3.38. The van der Waals surface area contributed by atoms with Crippen molar-refractivity contribution in [1.29, 1.82) is 0 Å². The molecule has 0 radical (unpaired) electrons. The Labute approximate surface area is 148 Å². The Morgan fingerprint density at radius 1 is 1.32 bits per heavy atom. The number of ether oxygens (including phenoxy) is 1. The minimum absolute atomic E-state index is 0.328. The monoisotopic (exact) mass is 348 g/mol. The first-order chi connectivity index (χ1) is 11.7. The van der Waals surface area contributed by atoms with Crippen molar-refractivity contribution in [2.45, 2.75) is 65.0 Å². The van der Waals surface area contributed by atoms with Gasteiger partial charge in [-0.1, -0.05) is 0 Å². The normalized spacial score (nSPS) is 15.2. The summed E-state index contributed by atoms with van der Waals surface area (Å²) in [6.45, 7) is 9.66. The number of amides is 2. The van der Waals surface area contributed by atoms with Crippen LogP contribution in [0.15, 0.2) is 12.3 Å². The van der Waals surface area contributed by atoms with Crippen molar-refractivity contribution in [3.8, 4) is 0 Å². The molecule has 3 N–H and O–H groups in total. The van der Waals surface area contributed by atoms with E-state index in [-0.39, 0.29) is 5.91 Å². The van der Waals surface area contributed by atoms with E-state index in [0.717, 1.165) is 17.9 Å². The third-order valence-electron chi connectivity index (χ3n) is 3.67. The first-order valence-electron chi connectivity index (χ1n) is 8.73. The molecule has 1 aliphatic rings. The van der Waals surface area contributed by atoms with Crippen LogP contribution in [0.25, 0.3) is 0 Å². The first-order valence-corrected chi connectivity index (χ1v) is 8.73. The van der Waals surface area contributed by atoms with Gasteiger partial charge in [-0.15, -0.1) is 0 Å². The average molecular weight is 348 g/mol. The average Bonchev–Trinajstić information content (AvgIpc) is 3.31. The summed E-state index contributed by atoms with van der Waals surface area (Å²) >= 11 is 0. The van der Waals surface area contributed by atoms with Gasteiger partial charge in [0.05, 0.1) is 17.6 Å². The van der Waals surface area contributed by atoms with Crippen molar-refractivity contribution in [1.82, 2.24) is 10.3 Å². The number of hydrogen-bond donors (Lipinski definition) is 3. The Bertz CT molecular complexity index is 636. The molecule has 0 aromatic carbocycles. The number of pyridine rings is 1. The minimum Gasteiger partial charge on any atom is -0.444 e. The second-order valence-corrected chi connectivity index (χ2v) is 7.32. The van der Waals surface area contributed by atoms with Gasteiger partial charge >= 0.3 is 6.09 Å². The summed E-state index contributed by atoms with van der Waals surface area (Å²) in [5.41, 5.74) is 1.89. The molecule has 0 bridgehead atoms. The van der Waals surface area contributed by atoms with Crippen molar-refractivity contribution < 1.29 is 14.3 Å². The Kier molecular flexibility index (Phi) is 5.87. The van der Waals surface area contributed by atoms with E-state index in [2.05, 4.69) is 20.9 Å². The maximum absolute atomic E-state index is 12.4. The Hall–Kier alpha value is -2.31. The first kappa shape index (κ1) is 19.0. The van der Waals surface area contributed by atoms with Crippen molar-refractivity contribution in [3.63, 3.8) is 0 Å². The van der Waals surface area contributed by atoms with Crippen LogP contribution in [-0.2, 0) is 9.53 Å². The lowest BCUT2D eigenvalue weighted by Crippen LogP contribution is -2.44. The highest BCUT2D eigenvalue weighted by Crippen LogP contribution is 2.40. The van der Waals surface area contributed by atoms with Gasteiger partial charge in [-0.3, -0.25) is 9.78 Å². The van der Waals surface area contributed by atoms with Crippen LogP contribution < -0.4 is 16.0 Å². The lowest BCUT2D eigenvalue weighted by atomic mass is 10.2. The maximum atomic E-state index is 12.4. The number of rotatable bonds is 6. The number of nitrogens with one attached hydrogen (secondary N) is 3. The number of nitrogens with zero attached hydrogens (tertiary/aromatic N) is 1. The van der Waals surface area contributed by atoms with Crippen molar-refractivity contribution in [2.24, 2.45) is 0 Å². The van der Waals surface area contributed by atoms with Gasteiger partial charge in [-0.2, -0.15) is 0 Å². The summed E-state index contributed by atoms with van der Waals surface area (Å²) in [7, 11) is 0. The molecule has 1 saturated carbocycles. The third kappa shape index (κ3) is 5.92. The van der Waals surface area contributed by atoms with Crippen LogP contribution in [-0.4, -0.2) is 35.2 Å². The molecule has 1 aromatic heterocycles.